The highest BCUT2D eigenvalue weighted by atomic mass is 32.2. The zero-order chi connectivity index (χ0) is 15.9. The lowest BCUT2D eigenvalue weighted by Gasteiger charge is -2.32. The lowest BCUT2D eigenvalue weighted by atomic mass is 10.1. The normalized spacial score (nSPS) is 14.8. The average molecular weight is 323 g/mol. The first-order chi connectivity index (χ1) is 10.7. The van der Waals surface area contributed by atoms with Gasteiger partial charge in [0.15, 0.2) is 0 Å². The number of rotatable bonds is 6. The highest BCUT2D eigenvalue weighted by Crippen LogP contribution is 2.27. The molecule has 2 amide bonds. The van der Waals surface area contributed by atoms with Gasteiger partial charge in [-0.1, -0.05) is 18.9 Å². The molecule has 0 bridgehead atoms. The van der Waals surface area contributed by atoms with Crippen LogP contribution in [0.25, 0.3) is 0 Å². The molecule has 1 aromatic rings. The van der Waals surface area contributed by atoms with Crippen molar-refractivity contribution in [1.29, 1.82) is 0 Å². The molecule has 1 heterocycles. The van der Waals surface area contributed by atoms with Crippen molar-refractivity contribution in [3.8, 4) is 5.75 Å². The number of aromatic hydroxyl groups is 1. The SMILES string of the molecule is CCCSNc1ccc(C(=O)N2CCN(C=O)CC2)cc1O. The summed E-state index contributed by atoms with van der Waals surface area (Å²) in [6.07, 6.45) is 1.85. The Hall–Kier alpha value is -1.89. The van der Waals surface area contributed by atoms with E-state index >= 15 is 0 Å². The molecule has 0 atom stereocenters. The molecule has 22 heavy (non-hydrogen) atoms. The van der Waals surface area contributed by atoms with Crippen molar-refractivity contribution in [2.75, 3.05) is 36.7 Å². The van der Waals surface area contributed by atoms with E-state index in [1.54, 1.807) is 21.9 Å². The minimum absolute atomic E-state index is 0.0704. The van der Waals surface area contributed by atoms with Gasteiger partial charge in [-0.25, -0.2) is 0 Å². The molecular weight excluding hydrogens is 302 g/mol. The number of phenols is 1. The Balaban J connectivity index is 1.98. The maximum absolute atomic E-state index is 12.4. The Labute approximate surface area is 134 Å². The highest BCUT2D eigenvalue weighted by Gasteiger charge is 2.21. The predicted molar refractivity (Wildman–Crippen MR) is 88.0 cm³/mol. The van der Waals surface area contributed by atoms with Gasteiger partial charge in [0, 0.05) is 37.5 Å². The molecule has 0 radical (unpaired) electrons. The van der Waals surface area contributed by atoms with E-state index in [-0.39, 0.29) is 11.7 Å². The molecule has 2 N–H and O–H groups in total. The van der Waals surface area contributed by atoms with Gasteiger partial charge in [-0.05, 0) is 24.6 Å². The second kappa shape index (κ2) is 7.93. The van der Waals surface area contributed by atoms with Gasteiger partial charge >= 0.3 is 0 Å². The van der Waals surface area contributed by atoms with Gasteiger partial charge in [-0.2, -0.15) is 0 Å². The molecule has 0 unspecified atom stereocenters. The molecule has 6 nitrogen and oxygen atoms in total. The quantitative estimate of drug-likeness (QED) is 0.361. The molecule has 1 aromatic carbocycles. The van der Waals surface area contributed by atoms with Gasteiger partial charge in [-0.3, -0.25) is 9.59 Å². The fourth-order valence-corrected chi connectivity index (χ4v) is 2.83. The molecule has 120 valence electrons. The number of amides is 2. The van der Waals surface area contributed by atoms with Gasteiger partial charge in [-0.15, -0.1) is 0 Å². The summed E-state index contributed by atoms with van der Waals surface area (Å²) in [5, 5.41) is 10.0. The third kappa shape index (κ3) is 4.07. The van der Waals surface area contributed by atoms with E-state index in [0.717, 1.165) is 18.6 Å². The number of carbonyl (C=O) groups is 2. The Kier molecular flexibility index (Phi) is 5.94. The standard InChI is InChI=1S/C15H21N3O3S/c1-2-9-22-16-13-4-3-12(10-14(13)20)15(21)18-7-5-17(11-19)6-8-18/h3-4,10-11,16,20H,2,5-9H2,1H3. The fourth-order valence-electron chi connectivity index (χ4n) is 2.19. The van der Waals surface area contributed by atoms with E-state index in [0.29, 0.717) is 37.4 Å². The van der Waals surface area contributed by atoms with Crippen LogP contribution in [-0.4, -0.2) is 59.2 Å². The molecule has 0 aromatic heterocycles. The topological polar surface area (TPSA) is 72.9 Å². The van der Waals surface area contributed by atoms with Gasteiger partial charge in [0.2, 0.25) is 6.41 Å². The summed E-state index contributed by atoms with van der Waals surface area (Å²) in [5.74, 6) is 0.899. The summed E-state index contributed by atoms with van der Waals surface area (Å²) >= 11 is 1.52. The van der Waals surface area contributed by atoms with Crippen molar-refractivity contribution in [2.24, 2.45) is 0 Å². The molecular formula is C15H21N3O3S. The zero-order valence-electron chi connectivity index (χ0n) is 12.6. The Morgan fingerprint density at radius 1 is 1.36 bits per heavy atom. The Morgan fingerprint density at radius 2 is 2.09 bits per heavy atom. The summed E-state index contributed by atoms with van der Waals surface area (Å²) in [6, 6.07) is 4.92. The number of carbonyl (C=O) groups excluding carboxylic acids is 2. The maximum Gasteiger partial charge on any atom is 0.254 e. The summed E-state index contributed by atoms with van der Waals surface area (Å²) in [6.45, 7) is 4.22. The summed E-state index contributed by atoms with van der Waals surface area (Å²) in [5.41, 5.74) is 1.07. The van der Waals surface area contributed by atoms with Crippen LogP contribution in [0.15, 0.2) is 18.2 Å². The first kappa shape index (κ1) is 16.5. The van der Waals surface area contributed by atoms with Crippen LogP contribution in [0.5, 0.6) is 5.75 Å². The van der Waals surface area contributed by atoms with Gasteiger partial charge in [0.1, 0.15) is 5.75 Å². The van der Waals surface area contributed by atoms with Crippen molar-refractivity contribution in [3.05, 3.63) is 23.8 Å². The third-order valence-corrected chi connectivity index (χ3v) is 4.46. The van der Waals surface area contributed by atoms with E-state index < -0.39 is 0 Å². The van der Waals surface area contributed by atoms with Crippen molar-refractivity contribution < 1.29 is 14.7 Å². The molecule has 7 heteroatoms. The largest absolute Gasteiger partial charge is 0.506 e. The molecule has 1 aliphatic rings. The Morgan fingerprint density at radius 3 is 2.68 bits per heavy atom. The minimum atomic E-state index is -0.117. The van der Waals surface area contributed by atoms with Crippen LogP contribution in [0.4, 0.5) is 5.69 Å². The Bertz CT molecular complexity index is 531. The second-order valence-electron chi connectivity index (χ2n) is 5.12. The molecule has 0 saturated carbocycles. The third-order valence-electron chi connectivity index (χ3n) is 3.48. The minimum Gasteiger partial charge on any atom is -0.506 e. The van der Waals surface area contributed by atoms with Crippen LogP contribution in [0.1, 0.15) is 23.7 Å². The van der Waals surface area contributed by atoms with E-state index in [9.17, 15) is 14.7 Å². The molecule has 1 fully saturated rings. The molecule has 0 spiro atoms. The number of phenolic OH excluding ortho intramolecular Hbond substituents is 1. The van der Waals surface area contributed by atoms with Crippen LogP contribution < -0.4 is 4.72 Å². The van der Waals surface area contributed by atoms with Crippen molar-refractivity contribution in [1.82, 2.24) is 9.80 Å². The first-order valence-corrected chi connectivity index (χ1v) is 8.33. The van der Waals surface area contributed by atoms with Gasteiger partial charge in [0.25, 0.3) is 5.91 Å². The predicted octanol–water partition coefficient (Wildman–Crippen LogP) is 1.78. The maximum atomic E-state index is 12.4. The lowest BCUT2D eigenvalue weighted by molar-refractivity contribution is -0.119. The average Bonchev–Trinajstić information content (AvgIpc) is 2.56. The van der Waals surface area contributed by atoms with Crippen LogP contribution in [0, 0.1) is 0 Å². The highest BCUT2D eigenvalue weighted by molar-refractivity contribution is 8.00. The number of hydrogen-bond acceptors (Lipinski definition) is 5. The van der Waals surface area contributed by atoms with Crippen LogP contribution in [-0.2, 0) is 4.79 Å². The molecule has 2 rings (SSSR count). The molecule has 1 aliphatic heterocycles. The van der Waals surface area contributed by atoms with E-state index in [1.165, 1.54) is 18.0 Å². The summed E-state index contributed by atoms with van der Waals surface area (Å²) in [7, 11) is 0. The molecule has 1 saturated heterocycles. The fraction of sp³-hybridized carbons (Fsp3) is 0.467. The number of hydrogen-bond donors (Lipinski definition) is 2. The van der Waals surface area contributed by atoms with E-state index in [4.69, 9.17) is 0 Å². The van der Waals surface area contributed by atoms with Gasteiger partial charge < -0.3 is 19.6 Å². The van der Waals surface area contributed by atoms with Crippen LogP contribution >= 0.6 is 11.9 Å². The number of piperazine rings is 1. The van der Waals surface area contributed by atoms with E-state index in [1.807, 2.05) is 0 Å². The summed E-state index contributed by atoms with van der Waals surface area (Å²) < 4.78 is 3.07. The second-order valence-corrected chi connectivity index (χ2v) is 6.02. The monoisotopic (exact) mass is 323 g/mol. The van der Waals surface area contributed by atoms with Crippen molar-refractivity contribution in [2.45, 2.75) is 13.3 Å². The van der Waals surface area contributed by atoms with Crippen LogP contribution in [0.3, 0.4) is 0 Å². The number of anilines is 1. The first-order valence-electron chi connectivity index (χ1n) is 7.35. The lowest BCUT2D eigenvalue weighted by Crippen LogP contribution is -2.48. The van der Waals surface area contributed by atoms with Gasteiger partial charge in [0.05, 0.1) is 5.69 Å². The number of nitrogens with zero attached hydrogens (tertiary/aromatic N) is 2. The number of benzene rings is 1. The van der Waals surface area contributed by atoms with E-state index in [2.05, 4.69) is 11.6 Å². The smallest absolute Gasteiger partial charge is 0.254 e. The summed E-state index contributed by atoms with van der Waals surface area (Å²) in [4.78, 5) is 26.4. The van der Waals surface area contributed by atoms with Crippen molar-refractivity contribution in [3.63, 3.8) is 0 Å². The number of nitrogens with one attached hydrogen (secondary N) is 1. The van der Waals surface area contributed by atoms with Crippen molar-refractivity contribution >= 4 is 30.0 Å². The van der Waals surface area contributed by atoms with Crippen LogP contribution in [0.2, 0.25) is 0 Å². The zero-order valence-corrected chi connectivity index (χ0v) is 13.4. The molecule has 0 aliphatic carbocycles.